The third-order valence-corrected chi connectivity index (χ3v) is 3.48. The second-order valence-electron chi connectivity index (χ2n) is 2.92. The molecule has 5 nitrogen and oxygen atoms in total. The molecule has 0 aliphatic carbocycles. The molecule has 3 N–H and O–H groups in total. The summed E-state index contributed by atoms with van der Waals surface area (Å²) in [6.07, 6.45) is 2.83. The molecule has 0 spiro atoms. The molecule has 0 radical (unpaired) electrons. The maximum absolute atomic E-state index is 11.0. The van der Waals surface area contributed by atoms with Gasteiger partial charge in [0.15, 0.2) is 9.84 Å². The molecule has 1 aliphatic heterocycles. The summed E-state index contributed by atoms with van der Waals surface area (Å²) in [5.74, 6) is -0.185. The Kier molecular flexibility index (Phi) is 3.05. The number of amides is 1. The first-order valence-electron chi connectivity index (χ1n) is 3.91. The van der Waals surface area contributed by atoms with Crippen LogP contribution in [0.15, 0.2) is 12.2 Å². The van der Waals surface area contributed by atoms with Crippen molar-refractivity contribution in [2.45, 2.75) is 6.04 Å². The molecular weight excluding hydrogens is 192 g/mol. The number of carbonyl (C=O) groups excluding carboxylic acids is 1. The van der Waals surface area contributed by atoms with Crippen LogP contribution in [0.5, 0.6) is 0 Å². The van der Waals surface area contributed by atoms with Crippen LogP contribution in [0.4, 0.5) is 0 Å². The van der Waals surface area contributed by atoms with E-state index in [2.05, 4.69) is 5.32 Å². The Morgan fingerprint density at radius 3 is 2.62 bits per heavy atom. The van der Waals surface area contributed by atoms with E-state index in [4.69, 9.17) is 5.73 Å². The van der Waals surface area contributed by atoms with Gasteiger partial charge in [0.25, 0.3) is 0 Å². The summed E-state index contributed by atoms with van der Waals surface area (Å²) in [5.41, 5.74) is 5.13. The second-order valence-corrected chi connectivity index (χ2v) is 5.07. The largest absolute Gasteiger partial charge is 0.348 e. The van der Waals surface area contributed by atoms with Crippen molar-refractivity contribution in [3.05, 3.63) is 12.2 Å². The highest BCUT2D eigenvalue weighted by Gasteiger charge is 2.33. The van der Waals surface area contributed by atoms with Crippen LogP contribution in [-0.2, 0) is 14.6 Å². The van der Waals surface area contributed by atoms with Gasteiger partial charge in [-0.15, -0.1) is 0 Å². The van der Waals surface area contributed by atoms with Gasteiger partial charge in [-0.1, -0.05) is 6.08 Å². The topological polar surface area (TPSA) is 89.3 Å². The van der Waals surface area contributed by atoms with Gasteiger partial charge in [-0.3, -0.25) is 4.79 Å². The number of sulfone groups is 1. The molecular formula is C7H12N2O3S. The molecule has 1 fully saturated rings. The summed E-state index contributed by atoms with van der Waals surface area (Å²) >= 11 is 0. The molecule has 0 aromatic rings. The lowest BCUT2D eigenvalue weighted by Gasteiger charge is -2.25. The number of hydrogen-bond donors (Lipinski definition) is 2. The van der Waals surface area contributed by atoms with Gasteiger partial charge in [-0.05, 0) is 0 Å². The third-order valence-electron chi connectivity index (χ3n) is 1.66. The zero-order chi connectivity index (χ0) is 9.90. The monoisotopic (exact) mass is 204 g/mol. The molecule has 6 heteroatoms. The fourth-order valence-electron chi connectivity index (χ4n) is 1.07. The molecule has 1 aliphatic rings. The van der Waals surface area contributed by atoms with Crippen LogP contribution in [0, 0.1) is 0 Å². The van der Waals surface area contributed by atoms with Crippen LogP contribution in [0.3, 0.4) is 0 Å². The molecule has 0 aromatic carbocycles. The van der Waals surface area contributed by atoms with Gasteiger partial charge >= 0.3 is 0 Å². The Bertz CT molecular complexity index is 309. The van der Waals surface area contributed by atoms with E-state index in [0.717, 1.165) is 0 Å². The van der Waals surface area contributed by atoms with Gasteiger partial charge in [0.1, 0.15) is 0 Å². The van der Waals surface area contributed by atoms with Gasteiger partial charge in [-0.25, -0.2) is 8.42 Å². The fraction of sp³-hybridized carbons (Fsp3) is 0.571. The smallest absolute Gasteiger partial charge is 0.243 e. The van der Waals surface area contributed by atoms with Crippen LogP contribution >= 0.6 is 0 Å². The van der Waals surface area contributed by atoms with E-state index >= 15 is 0 Å². The van der Waals surface area contributed by atoms with Crippen molar-refractivity contribution in [2.24, 2.45) is 5.73 Å². The fourth-order valence-corrected chi connectivity index (χ4v) is 2.37. The minimum Gasteiger partial charge on any atom is -0.348 e. The quantitative estimate of drug-likeness (QED) is 0.543. The maximum atomic E-state index is 11.0. The predicted octanol–water partition coefficient (Wildman–Crippen LogP) is -1.59. The SMILES string of the molecule is NC/C=C/C(=O)NC1CS(=O)(=O)C1. The normalized spacial score (nSPS) is 21.3. The van der Waals surface area contributed by atoms with Gasteiger partial charge < -0.3 is 11.1 Å². The molecule has 1 rings (SSSR count). The van der Waals surface area contributed by atoms with Crippen LogP contribution in [0.1, 0.15) is 0 Å². The summed E-state index contributed by atoms with van der Waals surface area (Å²) in [6.45, 7) is 0.302. The molecule has 0 aromatic heterocycles. The number of rotatable bonds is 3. The van der Waals surface area contributed by atoms with E-state index < -0.39 is 9.84 Å². The summed E-state index contributed by atoms with van der Waals surface area (Å²) < 4.78 is 21.4. The van der Waals surface area contributed by atoms with E-state index in [1.54, 1.807) is 0 Å². The van der Waals surface area contributed by atoms with Crippen molar-refractivity contribution < 1.29 is 13.2 Å². The van der Waals surface area contributed by atoms with E-state index in [0.29, 0.717) is 6.54 Å². The maximum Gasteiger partial charge on any atom is 0.243 e. The Labute approximate surface area is 76.9 Å². The molecule has 1 amide bonds. The van der Waals surface area contributed by atoms with Gasteiger partial charge in [0.05, 0.1) is 17.5 Å². The molecule has 0 unspecified atom stereocenters. The summed E-state index contributed by atoms with van der Waals surface area (Å²) in [5, 5.41) is 2.55. The number of carbonyl (C=O) groups is 1. The molecule has 74 valence electrons. The summed E-state index contributed by atoms with van der Waals surface area (Å²) in [4.78, 5) is 11.0. The molecule has 1 saturated heterocycles. The average molecular weight is 204 g/mol. The Balaban J connectivity index is 2.28. The minimum atomic E-state index is -2.86. The Morgan fingerprint density at radius 2 is 2.15 bits per heavy atom. The highest BCUT2D eigenvalue weighted by Crippen LogP contribution is 2.09. The molecule has 13 heavy (non-hydrogen) atoms. The molecule has 0 saturated carbocycles. The van der Waals surface area contributed by atoms with Crippen molar-refractivity contribution >= 4 is 15.7 Å². The lowest BCUT2D eigenvalue weighted by Crippen LogP contribution is -2.52. The van der Waals surface area contributed by atoms with E-state index in [-0.39, 0.29) is 23.5 Å². The first-order valence-corrected chi connectivity index (χ1v) is 5.73. The molecule has 0 bridgehead atoms. The van der Waals surface area contributed by atoms with Gasteiger partial charge in [0, 0.05) is 12.6 Å². The average Bonchev–Trinajstić information content (AvgIpc) is 1.97. The number of nitrogens with one attached hydrogen (secondary N) is 1. The summed E-state index contributed by atoms with van der Waals surface area (Å²) in [7, 11) is -2.86. The number of hydrogen-bond acceptors (Lipinski definition) is 4. The van der Waals surface area contributed by atoms with E-state index in [1.165, 1.54) is 12.2 Å². The van der Waals surface area contributed by atoms with Crippen molar-refractivity contribution in [1.29, 1.82) is 0 Å². The van der Waals surface area contributed by atoms with Crippen LogP contribution < -0.4 is 11.1 Å². The predicted molar refractivity (Wildman–Crippen MR) is 48.8 cm³/mol. The zero-order valence-electron chi connectivity index (χ0n) is 7.06. The van der Waals surface area contributed by atoms with Crippen LogP contribution in [0.25, 0.3) is 0 Å². The van der Waals surface area contributed by atoms with Gasteiger partial charge in [0.2, 0.25) is 5.91 Å². The zero-order valence-corrected chi connectivity index (χ0v) is 7.88. The van der Waals surface area contributed by atoms with Crippen LogP contribution in [-0.4, -0.2) is 38.4 Å². The van der Waals surface area contributed by atoms with E-state index in [9.17, 15) is 13.2 Å². The highest BCUT2D eigenvalue weighted by atomic mass is 32.2. The molecule has 0 atom stereocenters. The van der Waals surface area contributed by atoms with Gasteiger partial charge in [-0.2, -0.15) is 0 Å². The second kappa shape index (κ2) is 3.89. The van der Waals surface area contributed by atoms with Crippen molar-refractivity contribution in [2.75, 3.05) is 18.1 Å². The van der Waals surface area contributed by atoms with Crippen LogP contribution in [0.2, 0.25) is 0 Å². The third kappa shape index (κ3) is 3.16. The lowest BCUT2D eigenvalue weighted by atomic mass is 10.3. The standard InChI is InChI=1S/C7H12N2O3S/c8-3-1-2-7(10)9-6-4-13(11,12)5-6/h1-2,6H,3-5,8H2,(H,9,10)/b2-1+. The van der Waals surface area contributed by atoms with Crippen molar-refractivity contribution in [3.63, 3.8) is 0 Å². The minimum absolute atomic E-state index is 0.0508. The first kappa shape index (κ1) is 10.2. The molecule has 1 heterocycles. The lowest BCUT2D eigenvalue weighted by molar-refractivity contribution is -0.117. The van der Waals surface area contributed by atoms with Crippen molar-refractivity contribution in [1.82, 2.24) is 5.32 Å². The highest BCUT2D eigenvalue weighted by molar-refractivity contribution is 7.92. The van der Waals surface area contributed by atoms with Crippen molar-refractivity contribution in [3.8, 4) is 0 Å². The Hall–Kier alpha value is -0.880. The first-order chi connectivity index (χ1) is 6.03. The van der Waals surface area contributed by atoms with E-state index in [1.807, 2.05) is 0 Å². The Morgan fingerprint density at radius 1 is 1.54 bits per heavy atom. The number of nitrogens with two attached hydrogens (primary N) is 1. The summed E-state index contributed by atoms with van der Waals surface area (Å²) in [6, 6.07) is -0.222.